The van der Waals surface area contributed by atoms with Gasteiger partial charge in [-0.15, -0.1) is 11.3 Å². The summed E-state index contributed by atoms with van der Waals surface area (Å²) >= 11 is 4.80. The Morgan fingerprint density at radius 3 is 2.65 bits per heavy atom. The van der Waals surface area contributed by atoms with Gasteiger partial charge < -0.3 is 10.6 Å². The standard InChI is InChI=1S/C26H25BrFN3O2S/c27-17-7-5-6-16(14-17)25(33)30-21(20-10-3-4-13-29-20)23(32)22-24(18-8-1-2-9-19(18)28)34-26(31-22)15-11-12-15/h1-2,5-9,14-15,20-21,29H,3-4,10-13H2,(H,30,33). The lowest BCUT2D eigenvalue weighted by atomic mass is 9.92. The Hall–Kier alpha value is -2.42. The van der Waals surface area contributed by atoms with E-state index >= 15 is 0 Å². The fraction of sp³-hybridized carbons (Fsp3) is 0.346. The maximum atomic E-state index is 14.8. The van der Waals surface area contributed by atoms with E-state index in [1.54, 1.807) is 36.4 Å². The Morgan fingerprint density at radius 2 is 1.94 bits per heavy atom. The van der Waals surface area contributed by atoms with Gasteiger partial charge in [0.2, 0.25) is 5.78 Å². The highest BCUT2D eigenvalue weighted by Gasteiger charge is 2.37. The lowest BCUT2D eigenvalue weighted by molar-refractivity contribution is 0.0823. The van der Waals surface area contributed by atoms with Gasteiger partial charge in [-0.25, -0.2) is 9.37 Å². The van der Waals surface area contributed by atoms with E-state index in [4.69, 9.17) is 4.98 Å². The summed E-state index contributed by atoms with van der Waals surface area (Å²) in [4.78, 5) is 32.4. The summed E-state index contributed by atoms with van der Waals surface area (Å²) in [5, 5.41) is 7.25. The summed E-state index contributed by atoms with van der Waals surface area (Å²) in [6, 6.07) is 12.5. The zero-order valence-electron chi connectivity index (χ0n) is 18.5. The molecule has 2 aromatic carbocycles. The van der Waals surface area contributed by atoms with E-state index in [1.807, 2.05) is 6.07 Å². The Balaban J connectivity index is 1.52. The maximum absolute atomic E-state index is 14.8. The Morgan fingerprint density at radius 1 is 1.12 bits per heavy atom. The number of aromatic nitrogens is 1. The molecule has 0 radical (unpaired) electrons. The fourth-order valence-electron chi connectivity index (χ4n) is 4.35. The molecule has 2 fully saturated rings. The molecule has 34 heavy (non-hydrogen) atoms. The van der Waals surface area contributed by atoms with Crippen LogP contribution in [0.25, 0.3) is 10.4 Å². The van der Waals surface area contributed by atoms with Gasteiger partial charge in [0.05, 0.1) is 9.88 Å². The summed E-state index contributed by atoms with van der Waals surface area (Å²) in [5.74, 6) is -0.645. The Labute approximate surface area is 210 Å². The number of piperidine rings is 1. The van der Waals surface area contributed by atoms with Crippen molar-refractivity contribution in [3.8, 4) is 10.4 Å². The van der Waals surface area contributed by atoms with Crippen LogP contribution in [0.4, 0.5) is 4.39 Å². The lowest BCUT2D eigenvalue weighted by Crippen LogP contribution is -2.55. The second-order valence-corrected chi connectivity index (χ2v) is 10.8. The summed E-state index contributed by atoms with van der Waals surface area (Å²) in [7, 11) is 0. The molecule has 2 atom stereocenters. The van der Waals surface area contributed by atoms with Crippen molar-refractivity contribution in [3.63, 3.8) is 0 Å². The number of thiazole rings is 1. The van der Waals surface area contributed by atoms with Crippen molar-refractivity contribution in [2.75, 3.05) is 6.54 Å². The van der Waals surface area contributed by atoms with Crippen LogP contribution in [0.15, 0.2) is 53.0 Å². The van der Waals surface area contributed by atoms with E-state index in [1.165, 1.54) is 17.4 Å². The minimum atomic E-state index is -0.800. The van der Waals surface area contributed by atoms with Crippen LogP contribution in [-0.2, 0) is 0 Å². The molecule has 1 aliphatic carbocycles. The second-order valence-electron chi connectivity index (χ2n) is 8.87. The van der Waals surface area contributed by atoms with Gasteiger partial charge in [0.1, 0.15) is 17.6 Å². The zero-order chi connectivity index (χ0) is 23.7. The minimum absolute atomic E-state index is 0.211. The third kappa shape index (κ3) is 4.99. The van der Waals surface area contributed by atoms with E-state index in [9.17, 15) is 14.0 Å². The summed E-state index contributed by atoms with van der Waals surface area (Å²) < 4.78 is 15.5. The number of carbonyl (C=O) groups excluding carboxylic acids is 2. The Bertz CT molecular complexity index is 1220. The maximum Gasteiger partial charge on any atom is 0.251 e. The molecule has 2 aliphatic rings. The first-order valence-corrected chi connectivity index (χ1v) is 13.2. The third-order valence-electron chi connectivity index (χ3n) is 6.33. The van der Waals surface area contributed by atoms with Crippen molar-refractivity contribution >= 4 is 39.0 Å². The molecule has 0 bridgehead atoms. The molecule has 176 valence electrons. The lowest BCUT2D eigenvalue weighted by Gasteiger charge is -2.31. The van der Waals surface area contributed by atoms with Crippen LogP contribution in [0.3, 0.4) is 0 Å². The molecule has 8 heteroatoms. The van der Waals surface area contributed by atoms with Crippen molar-refractivity contribution in [1.82, 2.24) is 15.6 Å². The average Bonchev–Trinajstić information content (AvgIpc) is 3.61. The monoisotopic (exact) mass is 541 g/mol. The van der Waals surface area contributed by atoms with Crippen LogP contribution >= 0.6 is 27.3 Å². The summed E-state index contributed by atoms with van der Waals surface area (Å²) in [6.07, 6.45) is 4.83. The van der Waals surface area contributed by atoms with Gasteiger partial charge in [0.25, 0.3) is 5.91 Å². The molecule has 2 unspecified atom stereocenters. The first-order valence-electron chi connectivity index (χ1n) is 11.6. The Kier molecular flexibility index (Phi) is 6.90. The van der Waals surface area contributed by atoms with Crippen molar-refractivity contribution in [2.45, 2.75) is 50.1 Å². The number of halogens is 2. The number of rotatable bonds is 7. The van der Waals surface area contributed by atoms with Crippen LogP contribution in [-0.4, -0.2) is 35.3 Å². The number of nitrogens with one attached hydrogen (secondary N) is 2. The molecule has 1 saturated heterocycles. The molecule has 1 aliphatic heterocycles. The van der Waals surface area contributed by atoms with E-state index in [-0.39, 0.29) is 29.2 Å². The predicted octanol–water partition coefficient (Wildman–Crippen LogP) is 5.71. The highest BCUT2D eigenvalue weighted by molar-refractivity contribution is 9.10. The summed E-state index contributed by atoms with van der Waals surface area (Å²) in [6.45, 7) is 0.783. The molecule has 5 nitrogen and oxygen atoms in total. The number of amides is 1. The van der Waals surface area contributed by atoms with Crippen molar-refractivity contribution < 1.29 is 14.0 Å². The first kappa shape index (κ1) is 23.3. The minimum Gasteiger partial charge on any atom is -0.340 e. The molecule has 1 aromatic heterocycles. The number of Topliss-reactive ketones (excluding diaryl/α,β-unsaturated/α-hetero) is 1. The highest BCUT2D eigenvalue weighted by Crippen LogP contribution is 2.45. The average molecular weight is 542 g/mol. The normalized spacial score (nSPS) is 18.9. The number of hydrogen-bond acceptors (Lipinski definition) is 5. The largest absolute Gasteiger partial charge is 0.340 e. The van der Waals surface area contributed by atoms with Crippen LogP contribution in [0.5, 0.6) is 0 Å². The van der Waals surface area contributed by atoms with E-state index in [0.29, 0.717) is 21.9 Å². The van der Waals surface area contributed by atoms with Crippen LogP contribution in [0, 0.1) is 5.82 Å². The molecule has 2 N–H and O–H groups in total. The number of benzene rings is 2. The smallest absolute Gasteiger partial charge is 0.251 e. The van der Waals surface area contributed by atoms with Crippen molar-refractivity contribution in [2.24, 2.45) is 0 Å². The van der Waals surface area contributed by atoms with E-state index < -0.39 is 6.04 Å². The number of hydrogen-bond donors (Lipinski definition) is 2. The number of carbonyl (C=O) groups is 2. The molecule has 0 spiro atoms. The summed E-state index contributed by atoms with van der Waals surface area (Å²) in [5.41, 5.74) is 1.10. The SMILES string of the molecule is O=C(NC(C(=O)c1nc(C2CC2)sc1-c1ccccc1F)C1CCCCN1)c1cccc(Br)c1. The van der Waals surface area contributed by atoms with Gasteiger partial charge in [-0.2, -0.15) is 0 Å². The van der Waals surface area contributed by atoms with Crippen LogP contribution in [0.2, 0.25) is 0 Å². The van der Waals surface area contributed by atoms with Gasteiger partial charge in [-0.1, -0.05) is 46.6 Å². The molecule has 3 aromatic rings. The van der Waals surface area contributed by atoms with E-state index in [2.05, 4.69) is 26.6 Å². The van der Waals surface area contributed by atoms with Gasteiger partial charge >= 0.3 is 0 Å². The second kappa shape index (κ2) is 10.1. The first-order chi connectivity index (χ1) is 16.5. The van der Waals surface area contributed by atoms with Gasteiger partial charge in [0, 0.05) is 27.6 Å². The topological polar surface area (TPSA) is 71.1 Å². The molecule has 1 saturated carbocycles. The van der Waals surface area contributed by atoms with Gasteiger partial charge in [-0.3, -0.25) is 9.59 Å². The van der Waals surface area contributed by atoms with Crippen molar-refractivity contribution in [1.29, 1.82) is 0 Å². The van der Waals surface area contributed by atoms with E-state index in [0.717, 1.165) is 48.1 Å². The highest BCUT2D eigenvalue weighted by atomic mass is 79.9. The fourth-order valence-corrected chi connectivity index (χ4v) is 6.02. The molecular formula is C26H25BrFN3O2S. The zero-order valence-corrected chi connectivity index (χ0v) is 20.9. The van der Waals surface area contributed by atoms with Crippen LogP contribution in [0.1, 0.15) is 63.9 Å². The van der Waals surface area contributed by atoms with Crippen LogP contribution < -0.4 is 10.6 Å². The quantitative estimate of drug-likeness (QED) is 0.375. The van der Waals surface area contributed by atoms with Gasteiger partial charge in [-0.05, 0) is 56.5 Å². The third-order valence-corrected chi connectivity index (χ3v) is 8.07. The molecular weight excluding hydrogens is 517 g/mol. The molecule has 5 rings (SSSR count). The predicted molar refractivity (Wildman–Crippen MR) is 135 cm³/mol. The van der Waals surface area contributed by atoms with Gasteiger partial charge in [0.15, 0.2) is 0 Å². The number of ketones is 1. The molecule has 1 amide bonds. The molecule has 2 heterocycles. The number of nitrogens with zero attached hydrogens (tertiary/aromatic N) is 1. The van der Waals surface area contributed by atoms with Crippen molar-refractivity contribution in [3.05, 3.63) is 75.1 Å².